The predicted molar refractivity (Wildman–Crippen MR) is 73.2 cm³/mol. The molecular formula is C12H18ClNO3S. The lowest BCUT2D eigenvalue weighted by molar-refractivity contribution is 0.177. The number of alkyl halides is 1. The van der Waals surface area contributed by atoms with Crippen molar-refractivity contribution in [3.63, 3.8) is 0 Å². The van der Waals surface area contributed by atoms with Crippen molar-refractivity contribution in [1.82, 2.24) is 4.31 Å². The van der Waals surface area contributed by atoms with Crippen LogP contribution in [-0.4, -0.2) is 44.6 Å². The SMILES string of the molecule is COCCN(Cc1ccccc1)S(=O)(=O)CCCl. The van der Waals surface area contributed by atoms with Crippen molar-refractivity contribution in [1.29, 1.82) is 0 Å². The molecule has 0 saturated heterocycles. The van der Waals surface area contributed by atoms with E-state index in [9.17, 15) is 8.42 Å². The Morgan fingerprint density at radius 1 is 1.28 bits per heavy atom. The molecule has 1 aromatic rings. The fourth-order valence-corrected chi connectivity index (χ4v) is 3.26. The first-order valence-electron chi connectivity index (χ1n) is 5.67. The van der Waals surface area contributed by atoms with Crippen molar-refractivity contribution in [3.8, 4) is 0 Å². The smallest absolute Gasteiger partial charge is 0.215 e. The Balaban J connectivity index is 2.78. The summed E-state index contributed by atoms with van der Waals surface area (Å²) in [5.41, 5.74) is 0.951. The van der Waals surface area contributed by atoms with E-state index >= 15 is 0 Å². The largest absolute Gasteiger partial charge is 0.383 e. The number of halogens is 1. The second-order valence-corrected chi connectivity index (χ2v) is 6.28. The minimum Gasteiger partial charge on any atom is -0.383 e. The Bertz CT molecular complexity index is 436. The van der Waals surface area contributed by atoms with Gasteiger partial charge in [-0.3, -0.25) is 0 Å². The summed E-state index contributed by atoms with van der Waals surface area (Å²) >= 11 is 5.53. The molecule has 1 rings (SSSR count). The molecule has 0 aliphatic rings. The fraction of sp³-hybridized carbons (Fsp3) is 0.500. The Labute approximate surface area is 114 Å². The van der Waals surface area contributed by atoms with Crippen LogP contribution in [0.3, 0.4) is 0 Å². The average molecular weight is 292 g/mol. The second-order valence-electron chi connectivity index (χ2n) is 3.82. The number of ether oxygens (including phenoxy) is 1. The Kier molecular flexibility index (Phi) is 6.63. The van der Waals surface area contributed by atoms with Crippen LogP contribution in [0.4, 0.5) is 0 Å². The van der Waals surface area contributed by atoms with Crippen LogP contribution in [0.5, 0.6) is 0 Å². The number of hydrogen-bond donors (Lipinski definition) is 0. The molecule has 0 aromatic heterocycles. The summed E-state index contributed by atoms with van der Waals surface area (Å²) in [7, 11) is -1.77. The Morgan fingerprint density at radius 3 is 2.50 bits per heavy atom. The maximum Gasteiger partial charge on any atom is 0.215 e. The average Bonchev–Trinajstić information content (AvgIpc) is 2.35. The van der Waals surface area contributed by atoms with Crippen molar-refractivity contribution in [2.75, 3.05) is 31.9 Å². The lowest BCUT2D eigenvalue weighted by atomic mass is 10.2. The molecule has 0 heterocycles. The molecule has 0 fully saturated rings. The number of methoxy groups -OCH3 is 1. The Morgan fingerprint density at radius 2 is 1.94 bits per heavy atom. The molecule has 0 bridgehead atoms. The van der Waals surface area contributed by atoms with Gasteiger partial charge in [0.15, 0.2) is 0 Å². The van der Waals surface area contributed by atoms with E-state index in [1.165, 1.54) is 4.31 Å². The Hall–Kier alpha value is -0.620. The molecule has 1 aromatic carbocycles. The quantitative estimate of drug-likeness (QED) is 0.685. The standard InChI is InChI=1S/C12H18ClNO3S/c1-17-9-8-14(18(15,16)10-7-13)11-12-5-3-2-4-6-12/h2-6H,7-11H2,1H3. The number of hydrogen-bond acceptors (Lipinski definition) is 3. The third kappa shape index (κ3) is 4.94. The van der Waals surface area contributed by atoms with Crippen LogP contribution in [-0.2, 0) is 21.3 Å². The molecule has 0 radical (unpaired) electrons. The number of sulfonamides is 1. The van der Waals surface area contributed by atoms with Gasteiger partial charge in [-0.2, -0.15) is 4.31 Å². The predicted octanol–water partition coefficient (Wildman–Crippen LogP) is 1.70. The van der Waals surface area contributed by atoms with E-state index < -0.39 is 10.0 Å². The molecule has 6 heteroatoms. The lowest BCUT2D eigenvalue weighted by Crippen LogP contribution is -2.35. The molecule has 0 atom stereocenters. The first-order valence-corrected chi connectivity index (χ1v) is 7.81. The van der Waals surface area contributed by atoms with E-state index in [1.54, 1.807) is 7.11 Å². The van der Waals surface area contributed by atoms with Gasteiger partial charge in [-0.1, -0.05) is 30.3 Å². The monoisotopic (exact) mass is 291 g/mol. The third-order valence-corrected chi connectivity index (χ3v) is 4.71. The van der Waals surface area contributed by atoms with E-state index in [4.69, 9.17) is 16.3 Å². The zero-order valence-corrected chi connectivity index (χ0v) is 12.0. The zero-order valence-electron chi connectivity index (χ0n) is 10.4. The van der Waals surface area contributed by atoms with Gasteiger partial charge in [0.25, 0.3) is 0 Å². The maximum atomic E-state index is 12.0. The maximum absolute atomic E-state index is 12.0. The van der Waals surface area contributed by atoms with Gasteiger partial charge < -0.3 is 4.74 Å². The molecule has 0 aliphatic carbocycles. The van der Waals surface area contributed by atoms with Crippen LogP contribution in [0, 0.1) is 0 Å². The summed E-state index contributed by atoms with van der Waals surface area (Å²) in [6, 6.07) is 9.47. The summed E-state index contributed by atoms with van der Waals surface area (Å²) in [5.74, 6) is 0.0473. The zero-order chi connectivity index (χ0) is 13.4. The first-order chi connectivity index (χ1) is 8.60. The highest BCUT2D eigenvalue weighted by Crippen LogP contribution is 2.10. The van der Waals surface area contributed by atoms with Crippen LogP contribution in [0.15, 0.2) is 30.3 Å². The van der Waals surface area contributed by atoms with Gasteiger partial charge in [-0.15, -0.1) is 11.6 Å². The molecule has 0 amide bonds. The highest BCUT2D eigenvalue weighted by molar-refractivity contribution is 7.89. The van der Waals surface area contributed by atoms with Gasteiger partial charge >= 0.3 is 0 Å². The second kappa shape index (κ2) is 7.74. The third-order valence-electron chi connectivity index (χ3n) is 2.48. The lowest BCUT2D eigenvalue weighted by Gasteiger charge is -2.21. The fourth-order valence-electron chi connectivity index (χ4n) is 1.52. The van der Waals surface area contributed by atoms with Crippen LogP contribution < -0.4 is 0 Å². The minimum atomic E-state index is -3.32. The molecule has 0 aliphatic heterocycles. The molecule has 0 N–H and O–H groups in total. The van der Waals surface area contributed by atoms with Crippen molar-refractivity contribution in [3.05, 3.63) is 35.9 Å². The number of rotatable bonds is 8. The first kappa shape index (κ1) is 15.4. The van der Waals surface area contributed by atoms with Crippen LogP contribution >= 0.6 is 11.6 Å². The molecular weight excluding hydrogens is 274 g/mol. The van der Waals surface area contributed by atoms with Gasteiger partial charge in [0.2, 0.25) is 10.0 Å². The molecule has 18 heavy (non-hydrogen) atoms. The molecule has 0 unspecified atom stereocenters. The van der Waals surface area contributed by atoms with Gasteiger partial charge in [0.1, 0.15) is 0 Å². The van der Waals surface area contributed by atoms with Crippen molar-refractivity contribution in [2.45, 2.75) is 6.54 Å². The normalized spacial score (nSPS) is 11.9. The molecule has 102 valence electrons. The van der Waals surface area contributed by atoms with Crippen LogP contribution in [0.2, 0.25) is 0 Å². The summed E-state index contributed by atoms with van der Waals surface area (Å²) < 4.78 is 30.4. The summed E-state index contributed by atoms with van der Waals surface area (Å²) in [6.07, 6.45) is 0. The number of nitrogens with zero attached hydrogens (tertiary/aromatic N) is 1. The van der Waals surface area contributed by atoms with Gasteiger partial charge in [-0.05, 0) is 5.56 Å². The summed E-state index contributed by atoms with van der Waals surface area (Å²) in [4.78, 5) is 0. The van der Waals surface area contributed by atoms with Gasteiger partial charge in [0, 0.05) is 26.1 Å². The van der Waals surface area contributed by atoms with E-state index in [0.717, 1.165) is 5.56 Å². The van der Waals surface area contributed by atoms with Gasteiger partial charge in [-0.25, -0.2) is 8.42 Å². The topological polar surface area (TPSA) is 46.6 Å². The summed E-state index contributed by atoms with van der Waals surface area (Å²) in [6.45, 7) is 1.06. The number of benzene rings is 1. The molecule has 0 spiro atoms. The highest BCUT2D eigenvalue weighted by Gasteiger charge is 2.21. The van der Waals surface area contributed by atoms with Crippen molar-refractivity contribution >= 4 is 21.6 Å². The van der Waals surface area contributed by atoms with Crippen molar-refractivity contribution < 1.29 is 13.2 Å². The van der Waals surface area contributed by atoms with E-state index in [1.807, 2.05) is 30.3 Å². The molecule has 4 nitrogen and oxygen atoms in total. The van der Waals surface area contributed by atoms with E-state index in [2.05, 4.69) is 0 Å². The van der Waals surface area contributed by atoms with Crippen LogP contribution in [0.1, 0.15) is 5.56 Å². The van der Waals surface area contributed by atoms with E-state index in [0.29, 0.717) is 19.7 Å². The van der Waals surface area contributed by atoms with Gasteiger partial charge in [0.05, 0.1) is 12.4 Å². The van der Waals surface area contributed by atoms with Crippen LogP contribution in [0.25, 0.3) is 0 Å². The van der Waals surface area contributed by atoms with Crippen molar-refractivity contribution in [2.24, 2.45) is 0 Å². The minimum absolute atomic E-state index is 0.0505. The highest BCUT2D eigenvalue weighted by atomic mass is 35.5. The van der Waals surface area contributed by atoms with E-state index in [-0.39, 0.29) is 11.6 Å². The molecule has 0 saturated carbocycles. The summed E-state index contributed by atoms with van der Waals surface area (Å²) in [5, 5.41) is 0.